The molecular formula is C13H14N2O6S3. The Hall–Kier alpha value is -1.95. The molecule has 0 radical (unpaired) electrons. The molecule has 8 nitrogen and oxygen atoms in total. The minimum atomic E-state index is -3.99. The molecular weight excluding hydrogens is 376 g/mol. The van der Waals surface area contributed by atoms with Crippen molar-refractivity contribution in [3.63, 3.8) is 0 Å². The van der Waals surface area contributed by atoms with E-state index >= 15 is 0 Å². The van der Waals surface area contributed by atoms with Gasteiger partial charge in [-0.1, -0.05) is 12.1 Å². The fourth-order valence-electron chi connectivity index (χ4n) is 1.86. The molecule has 0 atom stereocenters. The molecule has 0 unspecified atom stereocenters. The van der Waals surface area contributed by atoms with Crippen molar-refractivity contribution in [2.24, 2.45) is 5.14 Å². The number of carbonyl (C=O) groups is 1. The predicted molar refractivity (Wildman–Crippen MR) is 89.7 cm³/mol. The summed E-state index contributed by atoms with van der Waals surface area (Å²) in [5, 5.41) is 6.42. The average Bonchev–Trinajstić information content (AvgIpc) is 2.97. The summed E-state index contributed by atoms with van der Waals surface area (Å²) in [5.41, 5.74) is 0.640. The normalized spacial score (nSPS) is 11.9. The first-order valence-corrected chi connectivity index (χ1v) is 10.5. The molecule has 0 aliphatic heterocycles. The van der Waals surface area contributed by atoms with Crippen molar-refractivity contribution in [2.45, 2.75) is 10.6 Å². The molecule has 0 spiro atoms. The number of primary sulfonamides is 1. The Morgan fingerprint density at radius 3 is 2.33 bits per heavy atom. The maximum Gasteiger partial charge on any atom is 0.349 e. The maximum absolute atomic E-state index is 12.4. The zero-order valence-electron chi connectivity index (χ0n) is 12.4. The molecule has 0 aliphatic rings. The van der Waals surface area contributed by atoms with Crippen LogP contribution in [0, 0.1) is 0 Å². The summed E-state index contributed by atoms with van der Waals surface area (Å²) in [7, 11) is -6.49. The number of nitrogens with one attached hydrogen (secondary N) is 1. The standard InChI is InChI=1S/C13H14N2O6S3/c1-21-13(16)12-11(6-7-22-12)24(19,20)15-10-4-2-9(3-5-10)8-23(14,17)18/h2-7,15H,8H2,1H3,(H2,14,17,18). The summed E-state index contributed by atoms with van der Waals surface area (Å²) in [5.74, 6) is -1.09. The fourth-order valence-corrected chi connectivity index (χ4v) is 4.91. The van der Waals surface area contributed by atoms with E-state index in [0.29, 0.717) is 5.56 Å². The highest BCUT2D eigenvalue weighted by molar-refractivity contribution is 7.93. The third-order valence-electron chi connectivity index (χ3n) is 2.86. The quantitative estimate of drug-likeness (QED) is 0.710. The lowest BCUT2D eigenvalue weighted by atomic mass is 10.2. The molecule has 130 valence electrons. The zero-order valence-corrected chi connectivity index (χ0v) is 14.9. The monoisotopic (exact) mass is 390 g/mol. The van der Waals surface area contributed by atoms with E-state index in [-0.39, 0.29) is 21.2 Å². The van der Waals surface area contributed by atoms with Gasteiger partial charge in [-0.25, -0.2) is 26.8 Å². The Bertz CT molecular complexity index is 946. The Kier molecular flexibility index (Phi) is 5.28. The number of hydrogen-bond acceptors (Lipinski definition) is 7. The smallest absolute Gasteiger partial charge is 0.349 e. The summed E-state index contributed by atoms with van der Waals surface area (Å²) < 4.78 is 53.7. The van der Waals surface area contributed by atoms with Crippen molar-refractivity contribution in [1.82, 2.24) is 0 Å². The van der Waals surface area contributed by atoms with Gasteiger partial charge in [0.15, 0.2) is 0 Å². The van der Waals surface area contributed by atoms with Crippen LogP contribution in [0.15, 0.2) is 40.6 Å². The molecule has 2 aromatic rings. The topological polar surface area (TPSA) is 133 Å². The number of anilines is 1. The minimum absolute atomic E-state index is 0.0316. The largest absolute Gasteiger partial charge is 0.465 e. The first-order chi connectivity index (χ1) is 11.1. The van der Waals surface area contributed by atoms with Gasteiger partial charge in [-0.2, -0.15) is 0 Å². The van der Waals surface area contributed by atoms with Gasteiger partial charge in [-0.3, -0.25) is 4.72 Å². The number of rotatable bonds is 6. The number of sulfonamides is 2. The molecule has 1 aromatic carbocycles. The Labute approximate surface area is 143 Å². The fraction of sp³-hybridized carbons (Fsp3) is 0.154. The number of methoxy groups -OCH3 is 1. The van der Waals surface area contributed by atoms with Crippen LogP contribution in [0.2, 0.25) is 0 Å². The number of hydrogen-bond donors (Lipinski definition) is 2. The highest BCUT2D eigenvalue weighted by Crippen LogP contribution is 2.25. The molecule has 2 rings (SSSR count). The van der Waals surface area contributed by atoms with Crippen LogP contribution in [0.5, 0.6) is 0 Å². The van der Waals surface area contributed by atoms with E-state index in [2.05, 4.69) is 9.46 Å². The molecule has 0 saturated carbocycles. The number of ether oxygens (including phenoxy) is 1. The van der Waals surface area contributed by atoms with E-state index < -0.39 is 26.0 Å². The lowest BCUT2D eigenvalue weighted by Crippen LogP contribution is -2.16. The zero-order chi connectivity index (χ0) is 18.0. The second-order valence-electron chi connectivity index (χ2n) is 4.72. The summed E-state index contributed by atoms with van der Waals surface area (Å²) in [6.07, 6.45) is 0. The lowest BCUT2D eigenvalue weighted by molar-refractivity contribution is 0.0602. The minimum Gasteiger partial charge on any atom is -0.465 e. The SMILES string of the molecule is COC(=O)c1sccc1S(=O)(=O)Nc1ccc(CS(N)(=O)=O)cc1. The van der Waals surface area contributed by atoms with Crippen LogP contribution in [-0.2, 0) is 30.5 Å². The number of esters is 1. The first-order valence-electron chi connectivity index (χ1n) is 6.40. The van der Waals surface area contributed by atoms with Gasteiger partial charge >= 0.3 is 5.97 Å². The molecule has 11 heteroatoms. The lowest BCUT2D eigenvalue weighted by Gasteiger charge is -2.09. The molecule has 0 fully saturated rings. The van der Waals surface area contributed by atoms with Crippen LogP contribution in [0.3, 0.4) is 0 Å². The maximum atomic E-state index is 12.4. The number of thiophene rings is 1. The first kappa shape index (κ1) is 18.4. The van der Waals surface area contributed by atoms with Gasteiger partial charge in [-0.05, 0) is 29.1 Å². The van der Waals surface area contributed by atoms with Crippen LogP contribution in [0.1, 0.15) is 15.2 Å². The molecule has 0 bridgehead atoms. The van der Waals surface area contributed by atoms with E-state index in [0.717, 1.165) is 18.4 Å². The van der Waals surface area contributed by atoms with Gasteiger partial charge in [-0.15, -0.1) is 11.3 Å². The van der Waals surface area contributed by atoms with Gasteiger partial charge in [0.1, 0.15) is 9.77 Å². The van der Waals surface area contributed by atoms with Crippen LogP contribution < -0.4 is 9.86 Å². The van der Waals surface area contributed by atoms with Crippen LogP contribution >= 0.6 is 11.3 Å². The van der Waals surface area contributed by atoms with Crippen molar-refractivity contribution in [2.75, 3.05) is 11.8 Å². The Morgan fingerprint density at radius 2 is 1.79 bits per heavy atom. The second-order valence-corrected chi connectivity index (χ2v) is 8.90. The predicted octanol–water partition coefficient (Wildman–Crippen LogP) is 1.12. The third kappa shape index (κ3) is 4.54. The molecule has 24 heavy (non-hydrogen) atoms. The van der Waals surface area contributed by atoms with Gasteiger partial charge in [0.2, 0.25) is 10.0 Å². The van der Waals surface area contributed by atoms with Crippen molar-refractivity contribution < 1.29 is 26.4 Å². The second kappa shape index (κ2) is 6.89. The number of nitrogens with two attached hydrogens (primary N) is 1. The van der Waals surface area contributed by atoms with Gasteiger partial charge in [0, 0.05) is 5.69 Å². The van der Waals surface area contributed by atoms with Gasteiger partial charge < -0.3 is 4.74 Å². The number of carbonyl (C=O) groups excluding carboxylic acids is 1. The summed E-state index contributed by atoms with van der Waals surface area (Å²) in [6.45, 7) is 0. The van der Waals surface area contributed by atoms with Crippen molar-refractivity contribution in [3.05, 3.63) is 46.2 Å². The van der Waals surface area contributed by atoms with Crippen molar-refractivity contribution in [1.29, 1.82) is 0 Å². The molecule has 0 saturated heterocycles. The van der Waals surface area contributed by atoms with E-state index in [4.69, 9.17) is 5.14 Å². The van der Waals surface area contributed by atoms with Crippen LogP contribution in [0.25, 0.3) is 0 Å². The summed E-state index contributed by atoms with van der Waals surface area (Å²) in [4.78, 5) is 11.4. The molecule has 1 heterocycles. The van der Waals surface area contributed by atoms with Crippen LogP contribution in [-0.4, -0.2) is 29.9 Å². The molecule has 3 N–H and O–H groups in total. The highest BCUT2D eigenvalue weighted by atomic mass is 32.2. The molecule has 0 amide bonds. The number of benzene rings is 1. The average molecular weight is 390 g/mol. The Balaban J connectivity index is 2.24. The highest BCUT2D eigenvalue weighted by Gasteiger charge is 2.24. The van der Waals surface area contributed by atoms with Crippen LogP contribution in [0.4, 0.5) is 5.69 Å². The van der Waals surface area contributed by atoms with E-state index in [1.165, 1.54) is 35.7 Å². The van der Waals surface area contributed by atoms with E-state index in [9.17, 15) is 21.6 Å². The van der Waals surface area contributed by atoms with Crippen molar-refractivity contribution >= 4 is 43.0 Å². The van der Waals surface area contributed by atoms with E-state index in [1.54, 1.807) is 0 Å². The third-order valence-corrected chi connectivity index (χ3v) is 6.05. The molecule has 1 aromatic heterocycles. The van der Waals surface area contributed by atoms with E-state index in [1.807, 2.05) is 0 Å². The van der Waals surface area contributed by atoms with Gasteiger partial charge in [0.05, 0.1) is 12.9 Å². The Morgan fingerprint density at radius 1 is 1.17 bits per heavy atom. The van der Waals surface area contributed by atoms with Gasteiger partial charge in [0.25, 0.3) is 10.0 Å². The summed E-state index contributed by atoms with van der Waals surface area (Å²) >= 11 is 0.954. The van der Waals surface area contributed by atoms with Crippen molar-refractivity contribution in [3.8, 4) is 0 Å². The molecule has 0 aliphatic carbocycles. The summed E-state index contributed by atoms with van der Waals surface area (Å²) in [6, 6.07) is 6.99.